The van der Waals surface area contributed by atoms with E-state index in [9.17, 15) is 13.2 Å². The van der Waals surface area contributed by atoms with Crippen molar-refractivity contribution in [2.45, 2.75) is 57.0 Å². The fraction of sp³-hybridized carbons (Fsp3) is 0.588. The average molecular weight is 389 g/mol. The lowest BCUT2D eigenvalue weighted by molar-refractivity contribution is -0.118. The number of benzene rings is 1. The average Bonchev–Trinajstić information content (AvgIpc) is 2.52. The van der Waals surface area contributed by atoms with Crippen molar-refractivity contribution < 1.29 is 26.6 Å². The van der Waals surface area contributed by atoms with Crippen LogP contribution in [0.25, 0.3) is 0 Å². The van der Waals surface area contributed by atoms with Crippen molar-refractivity contribution >= 4 is 24.5 Å². The van der Waals surface area contributed by atoms with Gasteiger partial charge in [0, 0.05) is 26.1 Å². The van der Waals surface area contributed by atoms with E-state index >= 15 is 0 Å². The lowest BCUT2D eigenvalue weighted by Gasteiger charge is -2.25. The zero-order chi connectivity index (χ0) is 18.9. The van der Waals surface area contributed by atoms with E-state index in [2.05, 4.69) is 6.55 Å². The van der Waals surface area contributed by atoms with Crippen LogP contribution in [0.1, 0.15) is 38.7 Å². The number of carbonyl (C=O) groups excluding carboxylic acids is 1. The summed E-state index contributed by atoms with van der Waals surface area (Å²) < 4.78 is 42.5. The first-order chi connectivity index (χ1) is 11.7. The number of hydrogen-bond acceptors (Lipinski definition) is 5. The quantitative estimate of drug-likeness (QED) is 0.335. The summed E-state index contributed by atoms with van der Waals surface area (Å²) >= 11 is 0. The lowest BCUT2D eigenvalue weighted by atomic mass is 10.1. The molecule has 1 N–H and O–H groups in total. The van der Waals surface area contributed by atoms with Gasteiger partial charge in [0.1, 0.15) is 5.78 Å². The van der Waals surface area contributed by atoms with Crippen LogP contribution in [0.15, 0.2) is 29.2 Å². The monoisotopic (exact) mass is 388 g/mol. The van der Waals surface area contributed by atoms with Crippen LogP contribution >= 0.6 is 0 Å². The van der Waals surface area contributed by atoms with Crippen molar-refractivity contribution in [3.05, 3.63) is 29.8 Å². The molecule has 0 radical (unpaired) electrons. The van der Waals surface area contributed by atoms with Crippen LogP contribution in [0.5, 0.6) is 0 Å². The zero-order valence-corrected chi connectivity index (χ0v) is 17.0. The van der Waals surface area contributed by atoms with Gasteiger partial charge in [0.25, 0.3) is 10.1 Å². The predicted molar refractivity (Wildman–Crippen MR) is 98.5 cm³/mol. The summed E-state index contributed by atoms with van der Waals surface area (Å²) in [5, 5.41) is 0. The molecule has 0 aliphatic heterocycles. The van der Waals surface area contributed by atoms with Crippen LogP contribution in [0, 0.1) is 0 Å². The molecule has 142 valence electrons. The van der Waals surface area contributed by atoms with E-state index in [0.717, 1.165) is 24.4 Å². The maximum Gasteiger partial charge on any atom is 0.334 e. The standard InChI is InChI=1S/C17H28O6SSi/c1-4-22-25(3,23-5-2)13-7-6-8-16(18)14-15-9-11-17(12-10-15)24(19,20)21/h9-12H,4-8,13-14H2,1-3H3,(H,19,20,21). The van der Waals surface area contributed by atoms with E-state index in [0.29, 0.717) is 19.6 Å². The minimum absolute atomic E-state index is 0.107. The van der Waals surface area contributed by atoms with Crippen LogP contribution in [0.2, 0.25) is 12.6 Å². The molecular weight excluding hydrogens is 360 g/mol. The summed E-state index contributed by atoms with van der Waals surface area (Å²) in [4.78, 5) is 11.9. The third-order valence-electron chi connectivity index (χ3n) is 3.86. The van der Waals surface area contributed by atoms with Gasteiger partial charge in [-0.1, -0.05) is 18.6 Å². The molecule has 1 aromatic rings. The molecule has 0 unspecified atom stereocenters. The van der Waals surface area contributed by atoms with Gasteiger partial charge in [-0.2, -0.15) is 8.42 Å². The molecule has 0 fully saturated rings. The highest BCUT2D eigenvalue weighted by Gasteiger charge is 2.29. The van der Waals surface area contributed by atoms with Gasteiger partial charge < -0.3 is 8.85 Å². The Balaban J connectivity index is 2.40. The summed E-state index contributed by atoms with van der Waals surface area (Å²) in [6, 6.07) is 6.58. The predicted octanol–water partition coefficient (Wildman–Crippen LogP) is 3.36. The highest BCUT2D eigenvalue weighted by molar-refractivity contribution is 7.85. The van der Waals surface area contributed by atoms with E-state index in [1.54, 1.807) is 12.1 Å². The Kier molecular flexibility index (Phi) is 8.95. The zero-order valence-electron chi connectivity index (χ0n) is 15.2. The molecule has 0 bridgehead atoms. The summed E-state index contributed by atoms with van der Waals surface area (Å²) in [7, 11) is -6.31. The topological polar surface area (TPSA) is 89.9 Å². The van der Waals surface area contributed by atoms with Gasteiger partial charge in [0.2, 0.25) is 0 Å². The molecule has 1 rings (SSSR count). The first-order valence-corrected chi connectivity index (χ1v) is 12.5. The molecule has 0 saturated carbocycles. The number of Topliss-reactive ketones (excluding diaryl/α,β-unsaturated/α-hetero) is 1. The molecule has 0 saturated heterocycles. The van der Waals surface area contributed by atoms with Gasteiger partial charge in [-0.3, -0.25) is 9.35 Å². The van der Waals surface area contributed by atoms with E-state index < -0.39 is 18.7 Å². The van der Waals surface area contributed by atoms with Gasteiger partial charge in [0.05, 0.1) is 4.90 Å². The van der Waals surface area contributed by atoms with Crippen LogP contribution < -0.4 is 0 Å². The molecule has 6 nitrogen and oxygen atoms in total. The van der Waals surface area contributed by atoms with Crippen LogP contribution in [0.3, 0.4) is 0 Å². The minimum Gasteiger partial charge on any atom is -0.395 e. The van der Waals surface area contributed by atoms with Crippen molar-refractivity contribution in [2.24, 2.45) is 0 Å². The fourth-order valence-electron chi connectivity index (χ4n) is 2.66. The number of rotatable bonds is 12. The van der Waals surface area contributed by atoms with E-state index in [1.807, 2.05) is 13.8 Å². The second-order valence-electron chi connectivity index (χ2n) is 6.04. The first-order valence-electron chi connectivity index (χ1n) is 8.56. The Morgan fingerprint density at radius 3 is 2.12 bits per heavy atom. The second-order valence-corrected chi connectivity index (χ2v) is 10.8. The Morgan fingerprint density at radius 2 is 1.64 bits per heavy atom. The van der Waals surface area contributed by atoms with Crippen molar-refractivity contribution in [3.8, 4) is 0 Å². The summed E-state index contributed by atoms with van der Waals surface area (Å²) in [5.41, 5.74) is 0.736. The van der Waals surface area contributed by atoms with Crippen LogP contribution in [0.4, 0.5) is 0 Å². The fourth-order valence-corrected chi connectivity index (χ4v) is 5.63. The number of ketones is 1. The van der Waals surface area contributed by atoms with Gasteiger partial charge >= 0.3 is 8.56 Å². The minimum atomic E-state index is -4.19. The maximum atomic E-state index is 12.1. The van der Waals surface area contributed by atoms with Crippen molar-refractivity contribution in [2.75, 3.05) is 13.2 Å². The van der Waals surface area contributed by atoms with E-state index in [1.165, 1.54) is 12.1 Å². The van der Waals surface area contributed by atoms with E-state index in [-0.39, 0.29) is 17.1 Å². The van der Waals surface area contributed by atoms with Crippen LogP contribution in [-0.2, 0) is 30.2 Å². The Morgan fingerprint density at radius 1 is 1.08 bits per heavy atom. The molecule has 0 amide bonds. The second kappa shape index (κ2) is 10.2. The highest BCUT2D eigenvalue weighted by Crippen LogP contribution is 2.18. The Hall–Kier alpha value is -1.06. The third-order valence-corrected chi connectivity index (χ3v) is 7.79. The molecule has 0 aliphatic carbocycles. The molecule has 0 spiro atoms. The summed E-state index contributed by atoms with van der Waals surface area (Å²) in [6.07, 6.45) is 2.40. The molecule has 8 heteroatoms. The summed E-state index contributed by atoms with van der Waals surface area (Å²) in [6.45, 7) is 7.25. The molecule has 0 aliphatic rings. The molecule has 1 aromatic carbocycles. The molecule has 0 heterocycles. The smallest absolute Gasteiger partial charge is 0.334 e. The molecule has 25 heavy (non-hydrogen) atoms. The van der Waals surface area contributed by atoms with Crippen molar-refractivity contribution in [1.29, 1.82) is 0 Å². The number of carbonyl (C=O) groups is 1. The maximum absolute atomic E-state index is 12.1. The van der Waals surface area contributed by atoms with Gasteiger partial charge in [-0.05, 0) is 50.6 Å². The van der Waals surface area contributed by atoms with Crippen molar-refractivity contribution in [3.63, 3.8) is 0 Å². The normalized spacial score (nSPS) is 12.3. The largest absolute Gasteiger partial charge is 0.395 e. The SMILES string of the molecule is CCO[Si](C)(CCCCC(=O)Cc1ccc(S(=O)(=O)O)cc1)OCC. The van der Waals surface area contributed by atoms with Gasteiger partial charge in [-0.25, -0.2) is 0 Å². The summed E-state index contributed by atoms with van der Waals surface area (Å²) in [5.74, 6) is 0.107. The Bertz CT molecular complexity index is 636. The molecule has 0 atom stereocenters. The number of unbranched alkanes of at least 4 members (excludes halogenated alkanes) is 1. The van der Waals surface area contributed by atoms with Gasteiger partial charge in [-0.15, -0.1) is 0 Å². The third kappa shape index (κ3) is 8.24. The lowest BCUT2D eigenvalue weighted by Crippen LogP contribution is -2.38. The van der Waals surface area contributed by atoms with Crippen LogP contribution in [-0.4, -0.2) is 40.5 Å². The van der Waals surface area contributed by atoms with Crippen molar-refractivity contribution in [1.82, 2.24) is 0 Å². The Labute approximate surface area is 151 Å². The highest BCUT2D eigenvalue weighted by atomic mass is 32.2. The van der Waals surface area contributed by atoms with E-state index in [4.69, 9.17) is 13.4 Å². The first kappa shape index (κ1) is 22.0. The van der Waals surface area contributed by atoms with Gasteiger partial charge in [0.15, 0.2) is 0 Å². The number of hydrogen-bond donors (Lipinski definition) is 1. The molecular formula is C17H28O6SSi. The molecule has 0 aromatic heterocycles.